The van der Waals surface area contributed by atoms with Crippen molar-refractivity contribution in [1.82, 2.24) is 10.6 Å². The summed E-state index contributed by atoms with van der Waals surface area (Å²) in [5.74, 6) is -1.72. The number of rotatable bonds is 8. The molecule has 0 spiro atoms. The smallest absolute Gasteiger partial charge is 0.326 e. The molecule has 5 N–H and O–H groups in total. The number of carbonyl (C=O) groups is 3. The van der Waals surface area contributed by atoms with Gasteiger partial charge in [0.15, 0.2) is 0 Å². The fourth-order valence-electron chi connectivity index (χ4n) is 1.24. The van der Waals surface area contributed by atoms with Crippen LogP contribution >= 0.6 is 0 Å². The molecule has 110 valence electrons. The molecule has 0 radical (unpaired) electrons. The highest BCUT2D eigenvalue weighted by Gasteiger charge is 2.22. The maximum absolute atomic E-state index is 11.5. The number of hydrogen-bond acceptors (Lipinski definition) is 4. The quantitative estimate of drug-likeness (QED) is 0.444. The molecule has 3 atom stereocenters. The van der Waals surface area contributed by atoms with Crippen molar-refractivity contribution >= 4 is 28.7 Å². The van der Waals surface area contributed by atoms with Crippen LogP contribution in [0.2, 0.25) is 0 Å². The third-order valence-electron chi connectivity index (χ3n) is 2.22. The first-order valence-corrected chi connectivity index (χ1v) is 7.33. The number of aliphatic carboxylic acids is 1. The maximum Gasteiger partial charge on any atom is 0.326 e. The van der Waals surface area contributed by atoms with Crippen molar-refractivity contribution < 1.29 is 23.7 Å². The SMILES string of the molecule is CC(CCS(C)=O)NC(=O)N[C@@H](CC(N)=O)C(=O)O. The number of carboxylic acids is 1. The van der Waals surface area contributed by atoms with Crippen molar-refractivity contribution in [2.45, 2.75) is 31.8 Å². The van der Waals surface area contributed by atoms with E-state index in [9.17, 15) is 18.6 Å². The van der Waals surface area contributed by atoms with Crippen LogP contribution in [0.3, 0.4) is 0 Å². The zero-order chi connectivity index (χ0) is 15.0. The molecule has 0 bridgehead atoms. The summed E-state index contributed by atoms with van der Waals surface area (Å²) < 4.78 is 10.9. The molecule has 0 rings (SSSR count). The van der Waals surface area contributed by atoms with Gasteiger partial charge in [-0.25, -0.2) is 9.59 Å². The van der Waals surface area contributed by atoms with Crippen LogP contribution in [0.4, 0.5) is 4.79 Å². The molecule has 0 aliphatic heterocycles. The number of nitrogens with one attached hydrogen (secondary N) is 2. The van der Waals surface area contributed by atoms with Gasteiger partial charge >= 0.3 is 12.0 Å². The van der Waals surface area contributed by atoms with Crippen LogP contribution in [0.1, 0.15) is 19.8 Å². The molecule has 2 unspecified atom stereocenters. The van der Waals surface area contributed by atoms with E-state index in [1.165, 1.54) is 0 Å². The normalized spacial score (nSPS) is 15.1. The summed E-state index contributed by atoms with van der Waals surface area (Å²) in [6, 6.07) is -2.32. The molecule has 0 saturated heterocycles. The van der Waals surface area contributed by atoms with Crippen LogP contribution in [-0.2, 0) is 20.4 Å². The first kappa shape index (κ1) is 17.4. The van der Waals surface area contributed by atoms with Gasteiger partial charge in [-0.3, -0.25) is 9.00 Å². The van der Waals surface area contributed by atoms with Gasteiger partial charge in [0.05, 0.1) is 6.42 Å². The Kier molecular flexibility index (Phi) is 7.73. The predicted octanol–water partition coefficient (Wildman–Crippen LogP) is -1.23. The van der Waals surface area contributed by atoms with E-state index in [1.807, 2.05) is 0 Å². The molecule has 9 heteroatoms. The highest BCUT2D eigenvalue weighted by molar-refractivity contribution is 7.84. The van der Waals surface area contributed by atoms with Crippen molar-refractivity contribution in [1.29, 1.82) is 0 Å². The lowest BCUT2D eigenvalue weighted by atomic mass is 10.2. The molecule has 8 nitrogen and oxygen atoms in total. The molecule has 0 aliphatic carbocycles. The molecule has 0 aromatic rings. The zero-order valence-electron chi connectivity index (χ0n) is 10.8. The van der Waals surface area contributed by atoms with Gasteiger partial charge in [-0.2, -0.15) is 0 Å². The number of nitrogens with two attached hydrogens (primary N) is 1. The van der Waals surface area contributed by atoms with E-state index < -0.39 is 41.2 Å². The molecule has 19 heavy (non-hydrogen) atoms. The fraction of sp³-hybridized carbons (Fsp3) is 0.700. The van der Waals surface area contributed by atoms with E-state index in [4.69, 9.17) is 10.8 Å². The van der Waals surface area contributed by atoms with Crippen LogP contribution in [-0.4, -0.2) is 51.3 Å². The van der Waals surface area contributed by atoms with Gasteiger partial charge in [0.2, 0.25) is 5.91 Å². The van der Waals surface area contributed by atoms with Gasteiger partial charge in [0.1, 0.15) is 6.04 Å². The number of hydrogen-bond donors (Lipinski definition) is 4. The maximum atomic E-state index is 11.5. The van der Waals surface area contributed by atoms with E-state index in [0.717, 1.165) is 0 Å². The highest BCUT2D eigenvalue weighted by atomic mass is 32.2. The Morgan fingerprint density at radius 1 is 1.32 bits per heavy atom. The second kappa shape index (κ2) is 8.46. The van der Waals surface area contributed by atoms with Crippen LogP contribution in [0.5, 0.6) is 0 Å². The van der Waals surface area contributed by atoms with Gasteiger partial charge < -0.3 is 21.5 Å². The summed E-state index contributed by atoms with van der Waals surface area (Å²) in [6.07, 6.45) is 1.58. The standard InChI is InChI=1S/C10H19N3O5S/c1-6(3-4-19(2)18)12-10(17)13-7(9(15)16)5-8(11)14/h6-7H,3-5H2,1-2H3,(H2,11,14)(H,15,16)(H2,12,13,17)/t6?,7-,19?/m0/s1. The summed E-state index contributed by atoms with van der Waals surface area (Å²) in [5.41, 5.74) is 4.88. The van der Waals surface area contributed by atoms with E-state index >= 15 is 0 Å². The number of carbonyl (C=O) groups excluding carboxylic acids is 2. The number of carboxylic acid groups (broad SMARTS) is 1. The van der Waals surface area contributed by atoms with Gasteiger partial charge in [-0.1, -0.05) is 0 Å². The second-order valence-corrected chi connectivity index (χ2v) is 5.70. The average molecular weight is 293 g/mol. The van der Waals surface area contributed by atoms with E-state index in [0.29, 0.717) is 12.2 Å². The molecule has 0 heterocycles. The Hall–Kier alpha value is -1.64. The topological polar surface area (TPSA) is 139 Å². The molecule has 0 saturated carbocycles. The first-order chi connectivity index (χ1) is 8.72. The Balaban J connectivity index is 4.22. The minimum Gasteiger partial charge on any atom is -0.480 e. The van der Waals surface area contributed by atoms with Gasteiger partial charge in [0.25, 0.3) is 0 Å². The summed E-state index contributed by atoms with van der Waals surface area (Å²) >= 11 is 0. The molecule has 3 amide bonds. The Bertz CT molecular complexity index is 374. The van der Waals surface area contributed by atoms with Gasteiger partial charge in [-0.15, -0.1) is 0 Å². The molecule has 0 aromatic heterocycles. The fourth-order valence-corrected chi connectivity index (χ4v) is 1.93. The summed E-state index contributed by atoms with van der Waals surface area (Å²) in [5, 5.41) is 13.4. The van der Waals surface area contributed by atoms with Crippen LogP contribution in [0.15, 0.2) is 0 Å². The molecular formula is C10H19N3O5S. The third kappa shape index (κ3) is 9.00. The van der Waals surface area contributed by atoms with Crippen LogP contribution in [0.25, 0.3) is 0 Å². The largest absolute Gasteiger partial charge is 0.480 e. The van der Waals surface area contributed by atoms with Crippen molar-refractivity contribution in [2.24, 2.45) is 5.73 Å². The molecular weight excluding hydrogens is 274 g/mol. The second-order valence-electron chi connectivity index (χ2n) is 4.15. The van der Waals surface area contributed by atoms with Crippen LogP contribution in [0, 0.1) is 0 Å². The Labute approximate surface area is 113 Å². The number of primary amides is 1. The summed E-state index contributed by atoms with van der Waals surface area (Å²) in [6.45, 7) is 1.70. The van der Waals surface area contributed by atoms with Crippen molar-refractivity contribution in [3.63, 3.8) is 0 Å². The van der Waals surface area contributed by atoms with Crippen LogP contribution < -0.4 is 16.4 Å². The zero-order valence-corrected chi connectivity index (χ0v) is 11.7. The highest BCUT2D eigenvalue weighted by Crippen LogP contribution is 1.95. The monoisotopic (exact) mass is 293 g/mol. The summed E-state index contributed by atoms with van der Waals surface area (Å²) in [4.78, 5) is 32.9. The lowest BCUT2D eigenvalue weighted by Crippen LogP contribution is -2.49. The van der Waals surface area contributed by atoms with E-state index in [2.05, 4.69) is 10.6 Å². The average Bonchev–Trinajstić information content (AvgIpc) is 2.24. The predicted molar refractivity (Wildman–Crippen MR) is 69.9 cm³/mol. The Morgan fingerprint density at radius 2 is 1.89 bits per heavy atom. The minimum absolute atomic E-state index is 0.257. The van der Waals surface area contributed by atoms with Gasteiger partial charge in [-0.05, 0) is 13.3 Å². The number of amides is 3. The van der Waals surface area contributed by atoms with Crippen molar-refractivity contribution in [3.05, 3.63) is 0 Å². The third-order valence-corrected chi connectivity index (χ3v) is 3.04. The Morgan fingerprint density at radius 3 is 2.32 bits per heavy atom. The van der Waals surface area contributed by atoms with E-state index in [-0.39, 0.29) is 6.04 Å². The molecule has 0 aromatic carbocycles. The lowest BCUT2D eigenvalue weighted by Gasteiger charge is -2.17. The van der Waals surface area contributed by atoms with Crippen molar-refractivity contribution in [3.8, 4) is 0 Å². The van der Waals surface area contributed by atoms with Crippen molar-refractivity contribution in [2.75, 3.05) is 12.0 Å². The first-order valence-electron chi connectivity index (χ1n) is 5.60. The van der Waals surface area contributed by atoms with Gasteiger partial charge in [0, 0.05) is 28.9 Å². The lowest BCUT2D eigenvalue weighted by molar-refractivity contribution is -0.140. The molecule has 0 aliphatic rings. The number of urea groups is 1. The summed E-state index contributed by atoms with van der Waals surface area (Å²) in [7, 11) is -0.954. The molecule has 0 fully saturated rings. The minimum atomic E-state index is -1.36. The van der Waals surface area contributed by atoms with E-state index in [1.54, 1.807) is 13.2 Å².